The molecule has 2 atom stereocenters. The number of ether oxygens (including phenoxy) is 2. The fourth-order valence-corrected chi connectivity index (χ4v) is 5.12. The van der Waals surface area contributed by atoms with Crippen LogP contribution in [0.4, 0.5) is 5.69 Å². The van der Waals surface area contributed by atoms with Crippen molar-refractivity contribution in [2.24, 2.45) is 10.7 Å². The van der Waals surface area contributed by atoms with Gasteiger partial charge >= 0.3 is 11.9 Å². The van der Waals surface area contributed by atoms with Crippen molar-refractivity contribution in [3.05, 3.63) is 126 Å². The Bertz CT molecular complexity index is 1670. The van der Waals surface area contributed by atoms with E-state index in [1.54, 1.807) is 37.3 Å². The SMILES string of the molecule is CC(C(=O)O)c1cccc(Oc2ccccc2)c1.NC1=NC(=O)C(c2ccccc2)O1.O=C(O)CCCc1ccc(N(CCCl)CCCl)cc1. The Hall–Kier alpha value is -5.06. The highest BCUT2D eigenvalue weighted by molar-refractivity contribution is 6.18. The number of carboxylic acids is 2. The van der Waals surface area contributed by atoms with E-state index in [9.17, 15) is 14.4 Å². The van der Waals surface area contributed by atoms with Gasteiger partial charge in [0.25, 0.3) is 11.9 Å². The number of carbonyl (C=O) groups excluding carboxylic acids is 1. The number of amidine groups is 1. The van der Waals surface area contributed by atoms with Gasteiger partial charge in [-0.1, -0.05) is 72.8 Å². The van der Waals surface area contributed by atoms with Gasteiger partial charge in [-0.2, -0.15) is 4.99 Å². The monoisotopic (exact) mass is 721 g/mol. The van der Waals surface area contributed by atoms with Crippen LogP contribution in [0.3, 0.4) is 0 Å². The predicted molar refractivity (Wildman–Crippen MR) is 197 cm³/mol. The van der Waals surface area contributed by atoms with E-state index in [2.05, 4.69) is 9.89 Å². The van der Waals surface area contributed by atoms with Gasteiger partial charge in [-0.3, -0.25) is 14.4 Å². The molecule has 50 heavy (non-hydrogen) atoms. The minimum Gasteiger partial charge on any atom is -0.481 e. The standard InChI is InChI=1S/C15H14O3.C14H19Cl2NO2.C9H8N2O2/c1-11(15(16)17)12-6-5-9-14(10-12)18-13-7-3-2-4-8-13;15-8-10-17(11-9-16)13-6-4-12(5-7-13)2-1-3-14(18)19;10-9-11-8(12)7(13-9)6-4-2-1-3-5-6/h2-11H,1H3,(H,16,17);4-7H,1-3,8-11H2,(H,18,19);1-5,7H,(H2,10,11,12). The van der Waals surface area contributed by atoms with Crippen molar-refractivity contribution in [1.29, 1.82) is 0 Å². The quantitative estimate of drug-likeness (QED) is 0.112. The van der Waals surface area contributed by atoms with Gasteiger partial charge < -0.3 is 30.3 Å². The second-order valence-corrected chi connectivity index (χ2v) is 11.8. The van der Waals surface area contributed by atoms with Gasteiger partial charge in [-0.15, -0.1) is 23.2 Å². The zero-order valence-electron chi connectivity index (χ0n) is 27.7. The molecule has 264 valence electrons. The van der Waals surface area contributed by atoms with Crippen molar-refractivity contribution in [2.75, 3.05) is 29.7 Å². The van der Waals surface area contributed by atoms with Crippen LogP contribution in [0.2, 0.25) is 0 Å². The third kappa shape index (κ3) is 13.4. The number of aliphatic carboxylic acids is 2. The van der Waals surface area contributed by atoms with Crippen molar-refractivity contribution in [2.45, 2.75) is 38.2 Å². The number of aryl methyl sites for hydroxylation is 1. The van der Waals surface area contributed by atoms with E-state index in [0.29, 0.717) is 23.9 Å². The van der Waals surface area contributed by atoms with Gasteiger partial charge in [0.1, 0.15) is 11.5 Å². The molecule has 10 nitrogen and oxygen atoms in total. The van der Waals surface area contributed by atoms with Crippen molar-refractivity contribution in [1.82, 2.24) is 0 Å². The van der Waals surface area contributed by atoms with E-state index < -0.39 is 24.0 Å². The molecule has 4 N–H and O–H groups in total. The largest absolute Gasteiger partial charge is 0.481 e. The number of nitrogens with zero attached hydrogens (tertiary/aromatic N) is 2. The summed E-state index contributed by atoms with van der Waals surface area (Å²) in [7, 11) is 0. The van der Waals surface area contributed by atoms with E-state index in [1.807, 2.05) is 78.9 Å². The number of hydrogen-bond donors (Lipinski definition) is 3. The van der Waals surface area contributed by atoms with Gasteiger partial charge in [0.15, 0.2) is 0 Å². The lowest BCUT2D eigenvalue weighted by Crippen LogP contribution is -2.27. The highest BCUT2D eigenvalue weighted by Crippen LogP contribution is 2.25. The molecule has 0 radical (unpaired) electrons. The molecule has 0 aromatic heterocycles. The first-order valence-corrected chi connectivity index (χ1v) is 17.0. The molecule has 4 aromatic rings. The number of amides is 1. The van der Waals surface area contributed by atoms with Crippen LogP contribution in [0.1, 0.15) is 48.5 Å². The first kappa shape index (κ1) is 39.4. The zero-order chi connectivity index (χ0) is 36.3. The molecule has 2 unspecified atom stereocenters. The van der Waals surface area contributed by atoms with Crippen molar-refractivity contribution >= 4 is 52.8 Å². The second-order valence-electron chi connectivity index (χ2n) is 11.0. The minimum atomic E-state index is -0.841. The normalized spacial score (nSPS) is 13.7. The average Bonchev–Trinajstić information content (AvgIpc) is 3.46. The van der Waals surface area contributed by atoms with Crippen LogP contribution in [0.25, 0.3) is 0 Å². The summed E-state index contributed by atoms with van der Waals surface area (Å²) < 4.78 is 10.7. The van der Waals surface area contributed by atoms with E-state index in [-0.39, 0.29) is 18.3 Å². The molecule has 0 spiro atoms. The molecule has 1 heterocycles. The highest BCUT2D eigenvalue weighted by Gasteiger charge is 2.28. The summed E-state index contributed by atoms with van der Waals surface area (Å²) >= 11 is 11.5. The molecule has 0 bridgehead atoms. The number of carboxylic acid groups (broad SMARTS) is 2. The van der Waals surface area contributed by atoms with Gasteiger partial charge in [0, 0.05) is 42.5 Å². The molecule has 0 fully saturated rings. The summed E-state index contributed by atoms with van der Waals surface area (Å²) in [6.45, 7) is 3.20. The number of benzene rings is 4. The molecule has 1 aliphatic rings. The maximum atomic E-state index is 11.2. The Kier molecular flexibility index (Phi) is 16.6. The van der Waals surface area contributed by atoms with Crippen LogP contribution >= 0.6 is 23.2 Å². The molecule has 0 saturated heterocycles. The van der Waals surface area contributed by atoms with E-state index in [0.717, 1.165) is 47.6 Å². The Morgan fingerprint density at radius 1 is 0.880 bits per heavy atom. The van der Waals surface area contributed by atoms with Crippen molar-refractivity contribution < 1.29 is 34.1 Å². The molecule has 1 aliphatic heterocycles. The summed E-state index contributed by atoms with van der Waals surface area (Å²) in [6.07, 6.45) is 1.02. The topological polar surface area (TPSA) is 152 Å². The average molecular weight is 723 g/mol. The van der Waals surface area contributed by atoms with Crippen LogP contribution in [-0.2, 0) is 25.5 Å². The Labute approximate surface area is 302 Å². The third-order valence-electron chi connectivity index (χ3n) is 7.36. The molecule has 4 aromatic carbocycles. The smallest absolute Gasteiger partial charge is 0.310 e. The van der Waals surface area contributed by atoms with Crippen LogP contribution in [-0.4, -0.2) is 58.9 Å². The summed E-state index contributed by atoms with van der Waals surface area (Å²) in [5.74, 6) is 0.0467. The predicted octanol–water partition coefficient (Wildman–Crippen LogP) is 7.64. The van der Waals surface area contributed by atoms with Crippen molar-refractivity contribution in [3.8, 4) is 11.5 Å². The minimum absolute atomic E-state index is 0.0566. The lowest BCUT2D eigenvalue weighted by molar-refractivity contribution is -0.138. The third-order valence-corrected chi connectivity index (χ3v) is 7.70. The Morgan fingerprint density at radius 3 is 2.02 bits per heavy atom. The fourth-order valence-electron chi connectivity index (χ4n) is 4.71. The zero-order valence-corrected chi connectivity index (χ0v) is 29.2. The van der Waals surface area contributed by atoms with Crippen LogP contribution < -0.4 is 15.4 Å². The first-order valence-electron chi connectivity index (χ1n) is 15.9. The summed E-state index contributed by atoms with van der Waals surface area (Å²) in [6, 6.07) is 33.8. The van der Waals surface area contributed by atoms with Gasteiger partial charge in [0.2, 0.25) is 6.10 Å². The maximum absolute atomic E-state index is 11.2. The molecule has 0 aliphatic carbocycles. The fraction of sp³-hybridized carbons (Fsp3) is 0.263. The van der Waals surface area contributed by atoms with Crippen LogP contribution in [0, 0.1) is 0 Å². The molecule has 0 saturated carbocycles. The number of alkyl halides is 2. The molecule has 12 heteroatoms. The number of hydrogen-bond acceptors (Lipinski definition) is 7. The van der Waals surface area contributed by atoms with E-state index in [1.165, 1.54) is 0 Å². The van der Waals surface area contributed by atoms with E-state index in [4.69, 9.17) is 48.6 Å². The van der Waals surface area contributed by atoms with Crippen molar-refractivity contribution in [3.63, 3.8) is 0 Å². The maximum Gasteiger partial charge on any atom is 0.310 e. The number of halogens is 2. The first-order chi connectivity index (χ1) is 24.1. The molecule has 1 amide bonds. The number of nitrogens with two attached hydrogens (primary N) is 1. The number of carbonyl (C=O) groups is 3. The van der Waals surface area contributed by atoms with E-state index >= 15 is 0 Å². The Morgan fingerprint density at radius 2 is 1.48 bits per heavy atom. The van der Waals surface area contributed by atoms with Crippen LogP contribution in [0.5, 0.6) is 11.5 Å². The lowest BCUT2D eigenvalue weighted by atomic mass is 10.0. The van der Waals surface area contributed by atoms with Gasteiger partial charge in [-0.05, 0) is 67.3 Å². The van der Waals surface area contributed by atoms with Gasteiger partial charge in [0.05, 0.1) is 5.92 Å². The Balaban J connectivity index is 0.000000206. The highest BCUT2D eigenvalue weighted by atomic mass is 35.5. The number of rotatable bonds is 14. The van der Waals surface area contributed by atoms with Gasteiger partial charge in [-0.25, -0.2) is 0 Å². The molecular weight excluding hydrogens is 681 g/mol. The lowest BCUT2D eigenvalue weighted by Gasteiger charge is -2.23. The summed E-state index contributed by atoms with van der Waals surface area (Å²) in [5.41, 5.74) is 9.02. The second kappa shape index (κ2) is 21.1. The molecule has 5 rings (SSSR count). The number of para-hydroxylation sites is 1. The number of anilines is 1. The summed E-state index contributed by atoms with van der Waals surface area (Å²) in [5, 5.41) is 17.6. The summed E-state index contributed by atoms with van der Waals surface area (Å²) in [4.78, 5) is 38.2. The molecular formula is C38H41Cl2N3O7. The van der Waals surface area contributed by atoms with Crippen LogP contribution in [0.15, 0.2) is 114 Å². The number of aliphatic imine (C=N–C) groups is 1.